The molecule has 3 aromatic rings. The maximum atomic E-state index is 12.9. The lowest BCUT2D eigenvalue weighted by Gasteiger charge is -2.05. The van der Waals surface area contributed by atoms with Gasteiger partial charge in [-0.1, -0.05) is 30.3 Å². The van der Waals surface area contributed by atoms with Crippen LogP contribution >= 0.6 is 0 Å². The van der Waals surface area contributed by atoms with Gasteiger partial charge in [0.05, 0.1) is 12.6 Å². The summed E-state index contributed by atoms with van der Waals surface area (Å²) in [6.45, 7) is 0. The van der Waals surface area contributed by atoms with Crippen LogP contribution in [-0.4, -0.2) is 29.8 Å². The first-order chi connectivity index (χ1) is 13.1. The van der Waals surface area contributed by atoms with Gasteiger partial charge in [-0.2, -0.15) is 0 Å². The molecule has 0 fully saturated rings. The van der Waals surface area contributed by atoms with Gasteiger partial charge in [-0.15, -0.1) is 0 Å². The van der Waals surface area contributed by atoms with E-state index in [1.807, 2.05) is 30.3 Å². The second kappa shape index (κ2) is 7.70. The predicted octanol–water partition coefficient (Wildman–Crippen LogP) is 2.75. The Morgan fingerprint density at radius 1 is 1.19 bits per heavy atom. The number of methoxy groups -OCH3 is 1. The molecule has 0 spiro atoms. The summed E-state index contributed by atoms with van der Waals surface area (Å²) in [5, 5.41) is 0.549. The van der Waals surface area contributed by atoms with Crippen molar-refractivity contribution in [3.05, 3.63) is 71.4 Å². The van der Waals surface area contributed by atoms with E-state index in [2.05, 4.69) is 0 Å². The summed E-state index contributed by atoms with van der Waals surface area (Å²) < 4.78 is 6.43. The fourth-order valence-corrected chi connectivity index (χ4v) is 3.01. The van der Waals surface area contributed by atoms with Crippen LogP contribution in [0.15, 0.2) is 54.6 Å². The van der Waals surface area contributed by atoms with Crippen LogP contribution in [0.1, 0.15) is 26.4 Å². The predicted molar refractivity (Wildman–Crippen MR) is 103 cm³/mol. The molecule has 1 radical (unpaired) electrons. The number of benzene rings is 2. The van der Waals surface area contributed by atoms with Crippen molar-refractivity contribution in [2.24, 2.45) is 5.73 Å². The molecule has 1 heterocycles. The van der Waals surface area contributed by atoms with Crippen LogP contribution in [0.5, 0.6) is 5.75 Å². The topological polar surface area (TPSA) is 91.4 Å². The molecule has 0 saturated carbocycles. The molecule has 1 amide bonds. The van der Waals surface area contributed by atoms with Gasteiger partial charge in [0.25, 0.3) is 11.8 Å². The average molecular weight is 361 g/mol. The minimum atomic E-state index is -0.795. The highest BCUT2D eigenvalue weighted by Crippen LogP contribution is 2.30. The number of carbonyl (C=O) groups is 2. The molecule has 0 bridgehead atoms. The van der Waals surface area contributed by atoms with Crippen LogP contribution in [0.25, 0.3) is 17.0 Å². The normalized spacial score (nSPS) is 11.0. The van der Waals surface area contributed by atoms with E-state index in [0.717, 1.165) is 5.56 Å². The van der Waals surface area contributed by atoms with E-state index in [9.17, 15) is 14.4 Å². The van der Waals surface area contributed by atoms with Gasteiger partial charge in [-0.05, 0) is 35.4 Å². The minimum Gasteiger partial charge on any atom is -0.497 e. The van der Waals surface area contributed by atoms with E-state index >= 15 is 0 Å². The van der Waals surface area contributed by atoms with E-state index in [4.69, 9.17) is 10.5 Å². The van der Waals surface area contributed by atoms with E-state index in [0.29, 0.717) is 22.2 Å². The molecular weight excluding hydrogens is 344 g/mol. The number of ether oxygens (including phenoxy) is 1. The number of amides is 1. The molecular formula is C21H17N2O4. The van der Waals surface area contributed by atoms with E-state index < -0.39 is 11.8 Å². The molecule has 1 aromatic heterocycles. The largest absolute Gasteiger partial charge is 0.497 e. The lowest BCUT2D eigenvalue weighted by atomic mass is 10.1. The van der Waals surface area contributed by atoms with Crippen molar-refractivity contribution in [3.8, 4) is 5.75 Å². The van der Waals surface area contributed by atoms with Crippen molar-refractivity contribution >= 4 is 35.1 Å². The molecule has 2 N–H and O–H groups in total. The average Bonchev–Trinajstić information content (AvgIpc) is 3.01. The van der Waals surface area contributed by atoms with Gasteiger partial charge < -0.3 is 10.5 Å². The molecule has 6 nitrogen and oxygen atoms in total. The van der Waals surface area contributed by atoms with E-state index in [-0.39, 0.29) is 12.1 Å². The van der Waals surface area contributed by atoms with Crippen LogP contribution in [-0.2, 0) is 11.2 Å². The van der Waals surface area contributed by atoms with Gasteiger partial charge in [-0.25, -0.2) is 0 Å². The molecule has 0 aliphatic rings. The van der Waals surface area contributed by atoms with Crippen molar-refractivity contribution in [2.45, 2.75) is 6.42 Å². The Kier molecular flexibility index (Phi) is 5.17. The molecule has 6 heteroatoms. The first-order valence-corrected chi connectivity index (χ1v) is 8.20. The summed E-state index contributed by atoms with van der Waals surface area (Å²) in [5.41, 5.74) is 7.17. The number of aromatic nitrogens is 1. The number of fused-ring (bicyclic) bond motifs is 1. The summed E-state index contributed by atoms with van der Waals surface area (Å²) in [5.74, 6) is -0.702. The maximum absolute atomic E-state index is 12.9. The first kappa shape index (κ1) is 18.1. The summed E-state index contributed by atoms with van der Waals surface area (Å²) in [6, 6.07) is 14.3. The third-order valence-electron chi connectivity index (χ3n) is 4.20. The minimum absolute atomic E-state index is 0.0238. The third kappa shape index (κ3) is 3.50. The Bertz CT molecular complexity index is 1050. The molecule has 0 unspecified atom stereocenters. The van der Waals surface area contributed by atoms with Crippen LogP contribution in [0.3, 0.4) is 0 Å². The Morgan fingerprint density at radius 2 is 1.93 bits per heavy atom. The fourth-order valence-electron chi connectivity index (χ4n) is 3.01. The number of hydrogen-bond acceptors (Lipinski definition) is 4. The number of hydrogen-bond donors (Lipinski definition) is 1. The van der Waals surface area contributed by atoms with Gasteiger partial charge >= 0.3 is 0 Å². The first-order valence-electron chi connectivity index (χ1n) is 8.20. The lowest BCUT2D eigenvalue weighted by molar-refractivity contribution is 0.0932. The highest BCUT2D eigenvalue weighted by Gasteiger charge is 2.24. The van der Waals surface area contributed by atoms with Crippen molar-refractivity contribution in [3.63, 3.8) is 0 Å². The number of primary amides is 1. The van der Waals surface area contributed by atoms with Gasteiger partial charge in [0, 0.05) is 17.9 Å². The summed E-state index contributed by atoms with van der Waals surface area (Å²) in [7, 11) is 1.51. The third-order valence-corrected chi connectivity index (χ3v) is 4.20. The fraction of sp³-hybridized carbons (Fsp3) is 0.0952. The number of allylic oxidation sites excluding steroid dienone is 1. The van der Waals surface area contributed by atoms with Crippen molar-refractivity contribution < 1.29 is 19.1 Å². The smallest absolute Gasteiger partial charge is 0.266 e. The van der Waals surface area contributed by atoms with Gasteiger partial charge in [0.2, 0.25) is 6.29 Å². The lowest BCUT2D eigenvalue weighted by Crippen LogP contribution is -2.22. The molecule has 135 valence electrons. The monoisotopic (exact) mass is 361 g/mol. The van der Waals surface area contributed by atoms with Crippen LogP contribution in [0.2, 0.25) is 0 Å². The molecule has 0 aliphatic carbocycles. The van der Waals surface area contributed by atoms with Crippen molar-refractivity contribution in [2.75, 3.05) is 7.11 Å². The molecule has 27 heavy (non-hydrogen) atoms. The van der Waals surface area contributed by atoms with Gasteiger partial charge in [-0.3, -0.25) is 19.0 Å². The van der Waals surface area contributed by atoms with Crippen molar-refractivity contribution in [1.29, 1.82) is 0 Å². The summed E-state index contributed by atoms with van der Waals surface area (Å²) in [4.78, 5) is 36.0. The standard InChI is InChI=1S/C21H17N2O4/c1-27-15-8-9-18-17(13-15)16(11-12-24)20(21(22)26)23(18)19(25)10-7-14-5-3-2-4-6-14/h2-10,13H,11H2,1H3,(H2,22,26)/b10-7+. The number of rotatable bonds is 6. The molecule has 0 aliphatic heterocycles. The van der Waals surface area contributed by atoms with E-state index in [1.165, 1.54) is 17.8 Å². The second-order valence-corrected chi connectivity index (χ2v) is 5.81. The van der Waals surface area contributed by atoms with Crippen LogP contribution in [0.4, 0.5) is 0 Å². The molecule has 0 atom stereocenters. The zero-order valence-corrected chi connectivity index (χ0v) is 14.6. The highest BCUT2D eigenvalue weighted by molar-refractivity contribution is 6.10. The molecule has 0 saturated heterocycles. The van der Waals surface area contributed by atoms with Crippen LogP contribution in [0, 0.1) is 0 Å². The number of nitrogens with two attached hydrogens (primary N) is 1. The SMILES string of the molecule is COc1ccc2c(c1)c(C[C]=O)c(C(N)=O)n2C(=O)/C=C/c1ccccc1. The Balaban J connectivity index is 2.19. The Hall–Kier alpha value is -3.67. The van der Waals surface area contributed by atoms with Gasteiger partial charge in [0.15, 0.2) is 0 Å². The Labute approximate surface area is 155 Å². The van der Waals surface area contributed by atoms with Gasteiger partial charge in [0.1, 0.15) is 11.4 Å². The zero-order chi connectivity index (χ0) is 19.4. The quantitative estimate of drug-likeness (QED) is 0.684. The molecule has 3 rings (SSSR count). The zero-order valence-electron chi connectivity index (χ0n) is 14.6. The van der Waals surface area contributed by atoms with Crippen LogP contribution < -0.4 is 10.5 Å². The Morgan fingerprint density at radius 3 is 2.56 bits per heavy atom. The summed E-state index contributed by atoms with van der Waals surface area (Å²) >= 11 is 0. The van der Waals surface area contributed by atoms with E-state index in [1.54, 1.807) is 30.6 Å². The maximum Gasteiger partial charge on any atom is 0.266 e. The second-order valence-electron chi connectivity index (χ2n) is 5.81. The summed E-state index contributed by atoms with van der Waals surface area (Å²) in [6.07, 6.45) is 4.62. The van der Waals surface area contributed by atoms with Crippen molar-refractivity contribution in [1.82, 2.24) is 4.57 Å². The highest BCUT2D eigenvalue weighted by atomic mass is 16.5. The number of nitrogens with zero attached hydrogens (tertiary/aromatic N) is 1. The number of carbonyl (C=O) groups excluding carboxylic acids is 3. The molecule has 2 aromatic carbocycles.